The van der Waals surface area contributed by atoms with Gasteiger partial charge in [0.25, 0.3) is 11.8 Å². The number of carbonyl (C=O) groups excluding carboxylic acids is 8. The minimum Gasteiger partial charge on any atom is -0.453 e. The fourth-order valence-electron chi connectivity index (χ4n) is 2.60. The van der Waals surface area contributed by atoms with Crippen molar-refractivity contribution in [2.45, 2.75) is 52.7 Å². The summed E-state index contributed by atoms with van der Waals surface area (Å²) in [5.74, 6) is -2.92. The first-order chi connectivity index (χ1) is 19.0. The lowest BCUT2D eigenvalue weighted by Crippen LogP contribution is -2.37. The van der Waals surface area contributed by atoms with Gasteiger partial charge < -0.3 is 40.6 Å². The zero-order chi connectivity index (χ0) is 32.1. The molecule has 0 aliphatic carbocycles. The number of hydrogen-bond acceptors (Lipinski definition) is 13. The summed E-state index contributed by atoms with van der Waals surface area (Å²) in [6.07, 6.45) is -1.56. The Morgan fingerprint density at radius 1 is 1.00 bits per heavy atom. The van der Waals surface area contributed by atoms with E-state index >= 15 is 0 Å². The number of carbonyl (C=O) groups is 8. The smallest absolute Gasteiger partial charge is 0.417 e. The molecule has 1 fully saturated rings. The van der Waals surface area contributed by atoms with E-state index in [1.54, 1.807) is 0 Å². The zero-order valence-electron chi connectivity index (χ0n) is 24.2. The third kappa shape index (κ3) is 20.4. The van der Waals surface area contributed by atoms with Gasteiger partial charge in [-0.3, -0.25) is 33.7 Å². The molecule has 5 N–H and O–H groups in total. The van der Waals surface area contributed by atoms with Crippen LogP contribution in [0.15, 0.2) is 0 Å². The highest BCUT2D eigenvalue weighted by molar-refractivity contribution is 5.92. The number of ketones is 1. The highest BCUT2D eigenvalue weighted by atomic mass is 16.6. The second-order valence-electron chi connectivity index (χ2n) is 8.52. The number of Topliss-reactive ketones (excluding diaryl/α,β-unsaturated/α-hetero) is 1. The molecule has 1 aliphatic rings. The molecule has 0 radical (unpaired) electrons. The van der Waals surface area contributed by atoms with E-state index in [0.717, 1.165) is 4.90 Å². The maximum atomic E-state index is 11.5. The number of ether oxygens (including phenoxy) is 3. The SMILES string of the molecule is CC(=O)OC(C)C(=O)NCCCC(=O)CN(C)C(=O)CO.CC(=O)OC(C)C(=O)NCCN.CN1CC(=O)OC1=O. The molecule has 41 heavy (non-hydrogen) atoms. The quantitative estimate of drug-likeness (QED) is 0.0748. The highest BCUT2D eigenvalue weighted by Crippen LogP contribution is 1.99. The zero-order valence-corrected chi connectivity index (χ0v) is 24.2. The Balaban J connectivity index is 0. The topological polar surface area (TPSA) is 241 Å². The molecule has 2 unspecified atom stereocenters. The van der Waals surface area contributed by atoms with Crippen molar-refractivity contribution in [3.63, 3.8) is 0 Å². The summed E-state index contributed by atoms with van der Waals surface area (Å²) in [7, 11) is 2.94. The number of hydrogen-bond donors (Lipinski definition) is 4. The number of esters is 3. The predicted octanol–water partition coefficient (Wildman–Crippen LogP) is -2.54. The molecule has 4 amide bonds. The van der Waals surface area contributed by atoms with E-state index in [9.17, 15) is 38.4 Å². The minimum absolute atomic E-state index is 0.0722. The molecule has 1 aliphatic heterocycles. The maximum Gasteiger partial charge on any atom is 0.417 e. The van der Waals surface area contributed by atoms with Gasteiger partial charge in [-0.1, -0.05) is 0 Å². The Bertz CT molecular complexity index is 927. The van der Waals surface area contributed by atoms with Crippen LogP contribution in [0, 0.1) is 0 Å². The van der Waals surface area contributed by atoms with Crippen LogP contribution in [0.2, 0.25) is 0 Å². The van der Waals surface area contributed by atoms with E-state index in [2.05, 4.69) is 20.1 Å². The maximum absolute atomic E-state index is 11.5. The number of aliphatic hydroxyl groups excluding tert-OH is 1. The number of rotatable bonds is 13. The number of cyclic esters (lactones) is 2. The summed E-state index contributed by atoms with van der Waals surface area (Å²) < 4.78 is 13.4. The molecule has 234 valence electrons. The summed E-state index contributed by atoms with van der Waals surface area (Å²) >= 11 is 0. The van der Waals surface area contributed by atoms with Crippen LogP contribution in [-0.2, 0) is 47.8 Å². The Morgan fingerprint density at radius 3 is 1.83 bits per heavy atom. The van der Waals surface area contributed by atoms with Crippen LogP contribution in [0.1, 0.15) is 40.5 Å². The number of likely N-dealkylation sites (N-methyl/N-ethyl adjacent to an activating group) is 2. The van der Waals surface area contributed by atoms with E-state index in [1.807, 2.05) is 0 Å². The fourth-order valence-corrected chi connectivity index (χ4v) is 2.60. The van der Waals surface area contributed by atoms with E-state index in [-0.39, 0.29) is 37.7 Å². The van der Waals surface area contributed by atoms with Crippen molar-refractivity contribution < 1.29 is 57.7 Å². The first-order valence-electron chi connectivity index (χ1n) is 12.5. The molecule has 0 bridgehead atoms. The number of aliphatic hydroxyl groups is 1. The average Bonchev–Trinajstić information content (AvgIpc) is 3.18. The van der Waals surface area contributed by atoms with E-state index in [0.29, 0.717) is 19.5 Å². The second kappa shape index (κ2) is 21.7. The summed E-state index contributed by atoms with van der Waals surface area (Å²) in [6.45, 7) is 5.85. The molecule has 1 saturated heterocycles. The molecule has 0 saturated carbocycles. The van der Waals surface area contributed by atoms with Crippen molar-refractivity contribution in [1.82, 2.24) is 20.4 Å². The van der Waals surface area contributed by atoms with Gasteiger partial charge in [0.15, 0.2) is 18.0 Å². The minimum atomic E-state index is -0.869. The van der Waals surface area contributed by atoms with Crippen LogP contribution in [-0.4, -0.2) is 128 Å². The highest BCUT2D eigenvalue weighted by Gasteiger charge is 2.25. The van der Waals surface area contributed by atoms with Gasteiger partial charge in [-0.2, -0.15) is 0 Å². The van der Waals surface area contributed by atoms with Crippen LogP contribution >= 0.6 is 0 Å². The number of amides is 4. The van der Waals surface area contributed by atoms with Gasteiger partial charge in [-0.05, 0) is 20.3 Å². The standard InChI is InChI=1S/C13H22N2O6.C7H14N2O3.C4H5NO3/c1-9(21-10(2)17)13(20)14-6-4-5-11(18)7-15(3)12(19)8-16;1-5(12-6(2)10)7(11)9-4-3-8;1-5-2-3(6)8-4(5)7/h9,16H,4-8H2,1-3H3,(H,14,20);5H,3-4,8H2,1-2H3,(H,9,11);2H2,1H3. The third-order valence-corrected chi connectivity index (χ3v) is 4.65. The van der Waals surface area contributed by atoms with Crippen molar-refractivity contribution >= 4 is 47.5 Å². The molecule has 1 heterocycles. The van der Waals surface area contributed by atoms with Crippen molar-refractivity contribution in [2.24, 2.45) is 5.73 Å². The van der Waals surface area contributed by atoms with Gasteiger partial charge in [0.1, 0.15) is 13.2 Å². The molecule has 2 atom stereocenters. The van der Waals surface area contributed by atoms with Gasteiger partial charge in [-0.15, -0.1) is 0 Å². The monoisotopic (exact) mass is 591 g/mol. The van der Waals surface area contributed by atoms with Gasteiger partial charge in [0.05, 0.1) is 6.54 Å². The lowest BCUT2D eigenvalue weighted by Gasteiger charge is -2.15. The Kier molecular flexibility index (Phi) is 20.6. The van der Waals surface area contributed by atoms with Gasteiger partial charge in [0.2, 0.25) is 5.91 Å². The van der Waals surface area contributed by atoms with Gasteiger partial charge in [0, 0.05) is 54.0 Å². The van der Waals surface area contributed by atoms with E-state index in [1.165, 1.54) is 46.7 Å². The van der Waals surface area contributed by atoms with Crippen molar-refractivity contribution in [2.75, 3.05) is 53.4 Å². The number of nitrogens with two attached hydrogens (primary N) is 1. The normalized spacial score (nSPS) is 13.1. The van der Waals surface area contributed by atoms with Gasteiger partial charge in [-0.25, -0.2) is 9.59 Å². The van der Waals surface area contributed by atoms with Crippen LogP contribution in [0.4, 0.5) is 4.79 Å². The summed E-state index contributed by atoms with van der Waals surface area (Å²) in [4.78, 5) is 88.9. The van der Waals surface area contributed by atoms with Crippen molar-refractivity contribution in [3.8, 4) is 0 Å². The summed E-state index contributed by atoms with van der Waals surface area (Å²) in [5, 5.41) is 13.7. The van der Waals surface area contributed by atoms with Crippen LogP contribution in [0.5, 0.6) is 0 Å². The Morgan fingerprint density at radius 2 is 1.49 bits per heavy atom. The van der Waals surface area contributed by atoms with Crippen LogP contribution in [0.3, 0.4) is 0 Å². The first kappa shape index (κ1) is 39.0. The average molecular weight is 592 g/mol. The molecule has 0 aromatic heterocycles. The van der Waals surface area contributed by atoms with Crippen LogP contribution < -0.4 is 16.4 Å². The number of nitrogens with one attached hydrogen (secondary N) is 2. The van der Waals surface area contributed by atoms with Gasteiger partial charge >= 0.3 is 24.0 Å². The molecule has 17 nitrogen and oxygen atoms in total. The summed E-state index contributed by atoms with van der Waals surface area (Å²) in [6, 6.07) is 0. The van der Waals surface area contributed by atoms with E-state index < -0.39 is 54.6 Å². The van der Waals surface area contributed by atoms with E-state index in [4.69, 9.17) is 15.6 Å². The Labute approximate surface area is 238 Å². The molecule has 0 spiro atoms. The molecular formula is C24H41N5O12. The lowest BCUT2D eigenvalue weighted by atomic mass is 10.2. The first-order valence-corrected chi connectivity index (χ1v) is 12.5. The van der Waals surface area contributed by atoms with Crippen LogP contribution in [0.25, 0.3) is 0 Å². The predicted molar refractivity (Wildman–Crippen MR) is 141 cm³/mol. The largest absolute Gasteiger partial charge is 0.453 e. The number of nitrogens with zero attached hydrogens (tertiary/aromatic N) is 2. The second-order valence-corrected chi connectivity index (χ2v) is 8.52. The molecule has 17 heteroatoms. The van der Waals surface area contributed by atoms with Crippen molar-refractivity contribution in [1.29, 1.82) is 0 Å². The third-order valence-electron chi connectivity index (χ3n) is 4.65. The molecule has 0 aromatic rings. The Hall–Kier alpha value is -4.12. The molecule has 1 rings (SSSR count). The summed E-state index contributed by atoms with van der Waals surface area (Å²) in [5.41, 5.74) is 5.16. The molecular weight excluding hydrogens is 550 g/mol. The van der Waals surface area contributed by atoms with Crippen molar-refractivity contribution in [3.05, 3.63) is 0 Å². The lowest BCUT2D eigenvalue weighted by molar-refractivity contribution is -0.152. The molecule has 0 aromatic carbocycles. The fraction of sp³-hybridized carbons (Fsp3) is 0.667.